The van der Waals surface area contributed by atoms with Crippen molar-refractivity contribution in [3.63, 3.8) is 0 Å². The standard InChI is InChI=1S/C15H20O2/c1-2-13-5-7-14(8-6-13)4-3-10-16-11-9-15-12-17-15/h2,5-8,15H,1,3-4,9-12H2. The predicted molar refractivity (Wildman–Crippen MR) is 70.0 cm³/mol. The second-order valence-corrected chi connectivity index (χ2v) is 4.41. The molecule has 1 saturated heterocycles. The minimum atomic E-state index is 0.487. The van der Waals surface area contributed by atoms with E-state index in [9.17, 15) is 0 Å². The zero-order valence-electron chi connectivity index (χ0n) is 10.2. The molecular weight excluding hydrogens is 212 g/mol. The Morgan fingerprint density at radius 3 is 2.71 bits per heavy atom. The molecule has 1 aromatic carbocycles. The molecule has 1 aliphatic heterocycles. The summed E-state index contributed by atoms with van der Waals surface area (Å²) >= 11 is 0. The molecular formula is C15H20O2. The molecule has 0 saturated carbocycles. The molecule has 0 amide bonds. The van der Waals surface area contributed by atoms with Crippen LogP contribution in [0, 0.1) is 0 Å². The number of benzene rings is 1. The van der Waals surface area contributed by atoms with Crippen molar-refractivity contribution in [3.8, 4) is 0 Å². The number of hydrogen-bond acceptors (Lipinski definition) is 2. The summed E-state index contributed by atoms with van der Waals surface area (Å²) in [6.07, 6.45) is 5.57. The zero-order chi connectivity index (χ0) is 11.9. The van der Waals surface area contributed by atoms with Crippen LogP contribution in [0.4, 0.5) is 0 Å². The Morgan fingerprint density at radius 2 is 2.06 bits per heavy atom. The maximum absolute atomic E-state index is 5.55. The lowest BCUT2D eigenvalue weighted by Crippen LogP contribution is -2.01. The second kappa shape index (κ2) is 6.58. The van der Waals surface area contributed by atoms with E-state index in [-0.39, 0.29) is 0 Å². The number of epoxide rings is 1. The third-order valence-electron chi connectivity index (χ3n) is 2.96. The van der Waals surface area contributed by atoms with Crippen LogP contribution in [0.15, 0.2) is 30.8 Å². The van der Waals surface area contributed by atoms with E-state index < -0.39 is 0 Å². The SMILES string of the molecule is C=Cc1ccc(CCCOCCC2CO2)cc1. The van der Waals surface area contributed by atoms with Gasteiger partial charge in [0.1, 0.15) is 0 Å². The minimum absolute atomic E-state index is 0.487. The fourth-order valence-electron chi connectivity index (χ4n) is 1.75. The molecule has 2 heteroatoms. The molecule has 1 atom stereocenters. The average Bonchev–Trinajstić information content (AvgIpc) is 3.18. The molecule has 2 nitrogen and oxygen atoms in total. The van der Waals surface area contributed by atoms with Crippen molar-refractivity contribution >= 4 is 6.08 Å². The van der Waals surface area contributed by atoms with Gasteiger partial charge in [0.2, 0.25) is 0 Å². The molecule has 1 unspecified atom stereocenters. The first-order valence-corrected chi connectivity index (χ1v) is 6.29. The monoisotopic (exact) mass is 232 g/mol. The Labute approximate surface area is 103 Å². The van der Waals surface area contributed by atoms with Crippen molar-refractivity contribution in [1.29, 1.82) is 0 Å². The van der Waals surface area contributed by atoms with E-state index in [1.165, 1.54) is 11.1 Å². The zero-order valence-corrected chi connectivity index (χ0v) is 10.2. The summed E-state index contributed by atoms with van der Waals surface area (Å²) in [4.78, 5) is 0. The summed E-state index contributed by atoms with van der Waals surface area (Å²) < 4.78 is 10.7. The predicted octanol–water partition coefficient (Wildman–Crippen LogP) is 3.07. The third kappa shape index (κ3) is 4.72. The van der Waals surface area contributed by atoms with E-state index in [0.717, 1.165) is 39.1 Å². The molecule has 1 fully saturated rings. The van der Waals surface area contributed by atoms with E-state index >= 15 is 0 Å². The van der Waals surface area contributed by atoms with Crippen LogP contribution < -0.4 is 0 Å². The van der Waals surface area contributed by atoms with Crippen LogP contribution in [-0.4, -0.2) is 25.9 Å². The summed E-state index contributed by atoms with van der Waals surface area (Å²) in [5.41, 5.74) is 2.54. The van der Waals surface area contributed by atoms with Gasteiger partial charge < -0.3 is 9.47 Å². The number of aryl methyl sites for hydroxylation is 1. The highest BCUT2D eigenvalue weighted by Crippen LogP contribution is 2.13. The maximum Gasteiger partial charge on any atom is 0.0831 e. The summed E-state index contributed by atoms with van der Waals surface area (Å²) in [6.45, 7) is 6.35. The maximum atomic E-state index is 5.55. The summed E-state index contributed by atoms with van der Waals surface area (Å²) in [7, 11) is 0. The van der Waals surface area contributed by atoms with Gasteiger partial charge in [0.05, 0.1) is 12.7 Å². The lowest BCUT2D eigenvalue weighted by atomic mass is 10.1. The molecule has 2 rings (SSSR count). The van der Waals surface area contributed by atoms with Gasteiger partial charge in [-0.05, 0) is 30.4 Å². The molecule has 0 spiro atoms. The van der Waals surface area contributed by atoms with Crippen molar-refractivity contribution in [2.24, 2.45) is 0 Å². The molecule has 1 aliphatic rings. The average molecular weight is 232 g/mol. The van der Waals surface area contributed by atoms with E-state index in [0.29, 0.717) is 6.10 Å². The van der Waals surface area contributed by atoms with E-state index in [1.54, 1.807) is 0 Å². The van der Waals surface area contributed by atoms with E-state index in [1.807, 2.05) is 6.08 Å². The van der Waals surface area contributed by atoms with Gasteiger partial charge in [0.15, 0.2) is 0 Å². The molecule has 0 radical (unpaired) electrons. The van der Waals surface area contributed by atoms with Gasteiger partial charge >= 0.3 is 0 Å². The molecule has 1 aromatic rings. The molecule has 92 valence electrons. The van der Waals surface area contributed by atoms with Crippen LogP contribution in [0.5, 0.6) is 0 Å². The Balaban J connectivity index is 1.55. The van der Waals surface area contributed by atoms with Crippen molar-refractivity contribution in [2.75, 3.05) is 19.8 Å². The number of rotatable bonds is 8. The smallest absolute Gasteiger partial charge is 0.0831 e. The van der Waals surface area contributed by atoms with Crippen molar-refractivity contribution < 1.29 is 9.47 Å². The first kappa shape index (κ1) is 12.3. The molecule has 1 heterocycles. The van der Waals surface area contributed by atoms with Crippen LogP contribution in [-0.2, 0) is 15.9 Å². The number of ether oxygens (including phenoxy) is 2. The van der Waals surface area contributed by atoms with Crippen molar-refractivity contribution in [2.45, 2.75) is 25.4 Å². The van der Waals surface area contributed by atoms with Gasteiger partial charge in [0.25, 0.3) is 0 Å². The Bertz CT molecular complexity index is 338. The fraction of sp³-hybridized carbons (Fsp3) is 0.467. The highest BCUT2D eigenvalue weighted by atomic mass is 16.6. The Hall–Kier alpha value is -1.12. The summed E-state index contributed by atoms with van der Waals surface area (Å²) in [6, 6.07) is 8.53. The largest absolute Gasteiger partial charge is 0.381 e. The van der Waals surface area contributed by atoms with Crippen LogP contribution in [0.1, 0.15) is 24.0 Å². The molecule has 0 bridgehead atoms. The lowest BCUT2D eigenvalue weighted by Gasteiger charge is -2.04. The normalized spacial score (nSPS) is 18.0. The Morgan fingerprint density at radius 1 is 1.29 bits per heavy atom. The van der Waals surface area contributed by atoms with Gasteiger partial charge in [-0.3, -0.25) is 0 Å². The molecule has 0 aliphatic carbocycles. The summed E-state index contributed by atoms with van der Waals surface area (Å²) in [5, 5.41) is 0. The van der Waals surface area contributed by atoms with Crippen LogP contribution >= 0.6 is 0 Å². The topological polar surface area (TPSA) is 21.8 Å². The van der Waals surface area contributed by atoms with Crippen molar-refractivity contribution in [3.05, 3.63) is 42.0 Å². The quantitative estimate of drug-likeness (QED) is 0.507. The van der Waals surface area contributed by atoms with Gasteiger partial charge in [-0.2, -0.15) is 0 Å². The summed E-state index contributed by atoms with van der Waals surface area (Å²) in [5.74, 6) is 0. The minimum Gasteiger partial charge on any atom is -0.381 e. The highest BCUT2D eigenvalue weighted by molar-refractivity contribution is 5.47. The van der Waals surface area contributed by atoms with Crippen LogP contribution in [0.2, 0.25) is 0 Å². The third-order valence-corrected chi connectivity index (χ3v) is 2.96. The van der Waals surface area contributed by atoms with Gasteiger partial charge in [0, 0.05) is 13.2 Å². The van der Waals surface area contributed by atoms with Gasteiger partial charge in [-0.1, -0.05) is 36.9 Å². The molecule has 0 aromatic heterocycles. The van der Waals surface area contributed by atoms with Crippen LogP contribution in [0.25, 0.3) is 6.08 Å². The first-order valence-electron chi connectivity index (χ1n) is 6.29. The lowest BCUT2D eigenvalue weighted by molar-refractivity contribution is 0.123. The van der Waals surface area contributed by atoms with Crippen LogP contribution in [0.3, 0.4) is 0 Å². The second-order valence-electron chi connectivity index (χ2n) is 4.41. The van der Waals surface area contributed by atoms with E-state index in [2.05, 4.69) is 30.8 Å². The fourth-order valence-corrected chi connectivity index (χ4v) is 1.75. The molecule has 0 N–H and O–H groups in total. The van der Waals surface area contributed by atoms with E-state index in [4.69, 9.17) is 9.47 Å². The van der Waals surface area contributed by atoms with Gasteiger partial charge in [-0.15, -0.1) is 0 Å². The first-order chi connectivity index (χ1) is 8.38. The molecule has 17 heavy (non-hydrogen) atoms. The van der Waals surface area contributed by atoms with Crippen molar-refractivity contribution in [1.82, 2.24) is 0 Å². The van der Waals surface area contributed by atoms with Gasteiger partial charge in [-0.25, -0.2) is 0 Å². The number of hydrogen-bond donors (Lipinski definition) is 0. The Kier molecular flexibility index (Phi) is 4.77. The highest BCUT2D eigenvalue weighted by Gasteiger charge is 2.21.